The quantitative estimate of drug-likeness (QED) is 0.172. The van der Waals surface area contributed by atoms with Crippen LogP contribution in [0.2, 0.25) is 0 Å². The van der Waals surface area contributed by atoms with Crippen molar-refractivity contribution in [2.75, 3.05) is 0 Å². The van der Waals surface area contributed by atoms with Crippen LogP contribution in [0.1, 0.15) is 91.8 Å². The van der Waals surface area contributed by atoms with Crippen molar-refractivity contribution in [1.82, 2.24) is 0 Å². The molecule has 0 amide bonds. The van der Waals surface area contributed by atoms with Crippen LogP contribution in [0.3, 0.4) is 0 Å². The molecule has 0 radical (unpaired) electrons. The third-order valence-electron chi connectivity index (χ3n) is 6.92. The standard InChI is InChI=1S/C35H38O4/c1-7-22-35(5,6)26-16-12-24(13-17-26)23-25-14-18-27(19-15-25)38-32(36)30-20-21-31(33(37)39-34(2,3)4)29-11-9-8-10-28(29)30/h8-21H,7,22-23H2,1-6H3. The van der Waals surface area contributed by atoms with Crippen molar-refractivity contribution in [3.8, 4) is 5.75 Å². The van der Waals surface area contributed by atoms with Gasteiger partial charge in [0, 0.05) is 0 Å². The summed E-state index contributed by atoms with van der Waals surface area (Å²) < 4.78 is 11.3. The smallest absolute Gasteiger partial charge is 0.344 e. The van der Waals surface area contributed by atoms with Crippen molar-refractivity contribution in [2.45, 2.75) is 71.8 Å². The number of ether oxygens (including phenoxy) is 2. The summed E-state index contributed by atoms with van der Waals surface area (Å²) >= 11 is 0. The first kappa shape index (κ1) is 28.1. The predicted molar refractivity (Wildman–Crippen MR) is 158 cm³/mol. The van der Waals surface area contributed by atoms with Gasteiger partial charge in [-0.25, -0.2) is 9.59 Å². The highest BCUT2D eigenvalue weighted by Crippen LogP contribution is 2.29. The second kappa shape index (κ2) is 11.4. The van der Waals surface area contributed by atoms with Crippen molar-refractivity contribution in [3.05, 3.63) is 113 Å². The summed E-state index contributed by atoms with van der Waals surface area (Å²) in [4.78, 5) is 25.9. The maximum Gasteiger partial charge on any atom is 0.344 e. The first-order valence-corrected chi connectivity index (χ1v) is 13.6. The van der Waals surface area contributed by atoms with Crippen LogP contribution in [0.25, 0.3) is 10.8 Å². The Kier molecular flexibility index (Phi) is 8.25. The van der Waals surface area contributed by atoms with Crippen LogP contribution in [0.4, 0.5) is 0 Å². The number of hydrogen-bond acceptors (Lipinski definition) is 4. The molecule has 0 N–H and O–H groups in total. The fourth-order valence-corrected chi connectivity index (χ4v) is 4.90. The number of carbonyl (C=O) groups is 2. The zero-order valence-corrected chi connectivity index (χ0v) is 23.8. The van der Waals surface area contributed by atoms with Crippen LogP contribution in [-0.2, 0) is 16.6 Å². The SMILES string of the molecule is CCCC(C)(C)c1ccc(Cc2ccc(OC(=O)c3ccc(C(=O)OC(C)(C)C)c4ccccc34)cc2)cc1. The maximum atomic E-state index is 13.1. The first-order chi connectivity index (χ1) is 18.5. The molecule has 4 heteroatoms. The Morgan fingerprint density at radius 1 is 0.667 bits per heavy atom. The molecule has 0 saturated carbocycles. The zero-order chi connectivity index (χ0) is 28.2. The van der Waals surface area contributed by atoms with Gasteiger partial charge in [0.05, 0.1) is 11.1 Å². The van der Waals surface area contributed by atoms with Crippen molar-refractivity contribution < 1.29 is 19.1 Å². The molecule has 39 heavy (non-hydrogen) atoms. The average molecular weight is 523 g/mol. The van der Waals surface area contributed by atoms with Gasteiger partial charge in [-0.05, 0) is 90.8 Å². The molecule has 0 unspecified atom stereocenters. The maximum absolute atomic E-state index is 13.1. The molecule has 202 valence electrons. The first-order valence-electron chi connectivity index (χ1n) is 13.6. The Labute approximate surface area is 232 Å². The molecule has 0 bridgehead atoms. The fourth-order valence-electron chi connectivity index (χ4n) is 4.90. The van der Waals surface area contributed by atoms with Crippen LogP contribution in [0, 0.1) is 0 Å². The number of carbonyl (C=O) groups excluding carboxylic acids is 2. The molecule has 0 atom stereocenters. The molecule has 4 nitrogen and oxygen atoms in total. The predicted octanol–water partition coefficient (Wildman–Crippen LogP) is 8.68. The Hall–Kier alpha value is -3.92. The number of rotatable bonds is 8. The topological polar surface area (TPSA) is 52.6 Å². The van der Waals surface area contributed by atoms with E-state index in [4.69, 9.17) is 9.47 Å². The molecule has 0 aliphatic heterocycles. The van der Waals surface area contributed by atoms with Gasteiger partial charge in [-0.1, -0.05) is 87.9 Å². The molecule has 0 aliphatic carbocycles. The summed E-state index contributed by atoms with van der Waals surface area (Å²) in [6.07, 6.45) is 3.13. The Balaban J connectivity index is 1.47. The fraction of sp³-hybridized carbons (Fsp3) is 0.314. The van der Waals surface area contributed by atoms with Gasteiger partial charge in [0.15, 0.2) is 0 Å². The molecule has 0 spiro atoms. The highest BCUT2D eigenvalue weighted by Gasteiger charge is 2.22. The third-order valence-corrected chi connectivity index (χ3v) is 6.92. The molecule has 0 fully saturated rings. The molecule has 0 aromatic heterocycles. The van der Waals surface area contributed by atoms with E-state index in [0.29, 0.717) is 27.6 Å². The molecule has 4 aromatic rings. The van der Waals surface area contributed by atoms with E-state index in [9.17, 15) is 9.59 Å². The van der Waals surface area contributed by atoms with E-state index >= 15 is 0 Å². The van der Waals surface area contributed by atoms with Gasteiger partial charge in [-0.3, -0.25) is 0 Å². The lowest BCUT2D eigenvalue weighted by Gasteiger charge is -2.24. The van der Waals surface area contributed by atoms with E-state index < -0.39 is 17.5 Å². The minimum atomic E-state index is -0.614. The largest absolute Gasteiger partial charge is 0.456 e. The van der Waals surface area contributed by atoms with Gasteiger partial charge in [-0.2, -0.15) is 0 Å². The minimum absolute atomic E-state index is 0.181. The number of fused-ring (bicyclic) bond motifs is 1. The van der Waals surface area contributed by atoms with Crippen LogP contribution in [0.15, 0.2) is 84.9 Å². The molecule has 4 rings (SSSR count). The molecule has 4 aromatic carbocycles. The van der Waals surface area contributed by atoms with E-state index in [2.05, 4.69) is 45.0 Å². The minimum Gasteiger partial charge on any atom is -0.456 e. The van der Waals surface area contributed by atoms with Crippen LogP contribution in [0.5, 0.6) is 5.75 Å². The van der Waals surface area contributed by atoms with Crippen LogP contribution < -0.4 is 4.74 Å². The lowest BCUT2D eigenvalue weighted by molar-refractivity contribution is 0.00715. The van der Waals surface area contributed by atoms with Crippen LogP contribution >= 0.6 is 0 Å². The van der Waals surface area contributed by atoms with Crippen molar-refractivity contribution >= 4 is 22.7 Å². The van der Waals surface area contributed by atoms with E-state index in [0.717, 1.165) is 18.4 Å². The monoisotopic (exact) mass is 522 g/mol. The van der Waals surface area contributed by atoms with Gasteiger partial charge >= 0.3 is 11.9 Å². The number of benzene rings is 4. The van der Waals surface area contributed by atoms with Crippen LogP contribution in [-0.4, -0.2) is 17.5 Å². The van der Waals surface area contributed by atoms with E-state index in [-0.39, 0.29) is 5.41 Å². The molecule has 0 heterocycles. The Morgan fingerprint density at radius 2 is 1.18 bits per heavy atom. The van der Waals surface area contributed by atoms with Crippen molar-refractivity contribution in [3.63, 3.8) is 0 Å². The summed E-state index contributed by atoms with van der Waals surface area (Å²) in [7, 11) is 0. The van der Waals surface area contributed by atoms with Gasteiger partial charge in [0.25, 0.3) is 0 Å². The van der Waals surface area contributed by atoms with E-state index in [1.165, 1.54) is 17.5 Å². The van der Waals surface area contributed by atoms with Crippen molar-refractivity contribution in [1.29, 1.82) is 0 Å². The number of esters is 2. The molecule has 0 aliphatic rings. The normalized spacial score (nSPS) is 11.8. The summed E-state index contributed by atoms with van der Waals surface area (Å²) in [5.74, 6) is -0.422. The second-order valence-electron chi connectivity index (χ2n) is 11.7. The van der Waals surface area contributed by atoms with E-state index in [1.807, 2.05) is 69.3 Å². The average Bonchev–Trinajstić information content (AvgIpc) is 2.88. The molecular formula is C35H38O4. The summed E-state index contributed by atoms with van der Waals surface area (Å²) in [5.41, 5.74) is 4.13. The third kappa shape index (κ3) is 6.94. The molecule has 0 saturated heterocycles. The highest BCUT2D eigenvalue weighted by molar-refractivity contribution is 6.12. The summed E-state index contributed by atoms with van der Waals surface area (Å²) in [6, 6.07) is 27.1. The van der Waals surface area contributed by atoms with Gasteiger partial charge in [-0.15, -0.1) is 0 Å². The lowest BCUT2D eigenvalue weighted by Crippen LogP contribution is -2.24. The summed E-state index contributed by atoms with van der Waals surface area (Å²) in [5, 5.41) is 1.30. The van der Waals surface area contributed by atoms with E-state index in [1.54, 1.807) is 12.1 Å². The highest BCUT2D eigenvalue weighted by atomic mass is 16.6. The second-order valence-corrected chi connectivity index (χ2v) is 11.7. The number of hydrogen-bond donors (Lipinski definition) is 0. The van der Waals surface area contributed by atoms with Gasteiger partial charge in [0.2, 0.25) is 0 Å². The summed E-state index contributed by atoms with van der Waals surface area (Å²) in [6.45, 7) is 12.3. The van der Waals surface area contributed by atoms with Gasteiger partial charge < -0.3 is 9.47 Å². The Morgan fingerprint density at radius 3 is 1.69 bits per heavy atom. The van der Waals surface area contributed by atoms with Crippen molar-refractivity contribution in [2.24, 2.45) is 0 Å². The van der Waals surface area contributed by atoms with Gasteiger partial charge in [0.1, 0.15) is 11.4 Å². The molecular weight excluding hydrogens is 484 g/mol. The lowest BCUT2D eigenvalue weighted by atomic mass is 9.80. The Bertz CT molecular complexity index is 1460. The zero-order valence-electron chi connectivity index (χ0n) is 23.8.